The van der Waals surface area contributed by atoms with Gasteiger partial charge in [-0.05, 0) is 12.1 Å². The Kier molecular flexibility index (Phi) is 6.73. The molecule has 0 fully saturated rings. The molecule has 0 saturated heterocycles. The Hall–Kier alpha value is -3.53. The maximum absolute atomic E-state index is 13.3. The first-order valence-electron chi connectivity index (χ1n) is 9.50. The zero-order valence-electron chi connectivity index (χ0n) is 18.9. The van der Waals surface area contributed by atoms with Gasteiger partial charge in [0.25, 0.3) is 0 Å². The average Bonchev–Trinajstić information content (AvgIpc) is 2.81. The number of ether oxygens (including phenoxy) is 8. The van der Waals surface area contributed by atoms with E-state index in [0.717, 1.165) is 0 Å². The third kappa shape index (κ3) is 3.46. The highest BCUT2D eigenvalue weighted by Crippen LogP contribution is 2.54. The van der Waals surface area contributed by atoms with Crippen LogP contribution in [-0.2, 0) is 4.74 Å². The van der Waals surface area contributed by atoms with Crippen molar-refractivity contribution in [1.82, 2.24) is 0 Å². The molecule has 3 rings (SSSR count). The highest BCUT2D eigenvalue weighted by atomic mass is 16.6. The van der Waals surface area contributed by atoms with Crippen LogP contribution >= 0.6 is 0 Å². The second-order valence-electron chi connectivity index (χ2n) is 6.67. The number of benzene rings is 2. The van der Waals surface area contributed by atoms with Gasteiger partial charge in [0, 0.05) is 12.7 Å². The second kappa shape index (κ2) is 9.31. The van der Waals surface area contributed by atoms with E-state index >= 15 is 0 Å². The number of methoxy groups -OCH3 is 7. The Morgan fingerprint density at radius 1 is 0.750 bits per heavy atom. The summed E-state index contributed by atoms with van der Waals surface area (Å²) in [5, 5.41) is 10.3. The molecule has 32 heavy (non-hydrogen) atoms. The zero-order chi connectivity index (χ0) is 23.6. The van der Waals surface area contributed by atoms with Gasteiger partial charge < -0.3 is 43.0 Å². The van der Waals surface area contributed by atoms with Crippen molar-refractivity contribution in [2.75, 3.05) is 49.8 Å². The highest BCUT2D eigenvalue weighted by molar-refractivity contribution is 6.05. The van der Waals surface area contributed by atoms with E-state index in [2.05, 4.69) is 0 Å². The van der Waals surface area contributed by atoms with E-state index in [1.165, 1.54) is 55.8 Å². The molecule has 0 saturated carbocycles. The lowest BCUT2D eigenvalue weighted by atomic mass is 9.91. The van der Waals surface area contributed by atoms with E-state index < -0.39 is 18.0 Å². The Morgan fingerprint density at radius 3 is 1.84 bits per heavy atom. The maximum atomic E-state index is 13.3. The molecule has 1 heterocycles. The van der Waals surface area contributed by atoms with Crippen molar-refractivity contribution < 1.29 is 47.8 Å². The van der Waals surface area contributed by atoms with Gasteiger partial charge in [0.15, 0.2) is 41.0 Å². The van der Waals surface area contributed by atoms with Crippen LogP contribution in [0.4, 0.5) is 0 Å². The van der Waals surface area contributed by atoms with Crippen LogP contribution in [0.25, 0.3) is 0 Å². The van der Waals surface area contributed by atoms with Gasteiger partial charge in [0.05, 0.1) is 48.2 Å². The summed E-state index contributed by atoms with van der Waals surface area (Å²) in [5.74, 6) is 0.705. The van der Waals surface area contributed by atoms with Crippen LogP contribution in [0.15, 0.2) is 12.1 Å². The smallest absolute Gasteiger partial charge is 0.208 e. The second-order valence-corrected chi connectivity index (χ2v) is 6.67. The normalized spacial score (nSPS) is 17.2. The van der Waals surface area contributed by atoms with Gasteiger partial charge in [-0.1, -0.05) is 0 Å². The van der Waals surface area contributed by atoms with Crippen LogP contribution in [0.2, 0.25) is 0 Å². The van der Waals surface area contributed by atoms with Crippen LogP contribution in [0, 0.1) is 0 Å². The number of aromatic hydroxyl groups is 1. The summed E-state index contributed by atoms with van der Waals surface area (Å²) in [6.45, 7) is 0. The van der Waals surface area contributed by atoms with Gasteiger partial charge in [0.1, 0.15) is 0 Å². The first kappa shape index (κ1) is 23.1. The first-order chi connectivity index (χ1) is 15.4. The van der Waals surface area contributed by atoms with Crippen molar-refractivity contribution in [3.8, 4) is 46.0 Å². The number of carbonyl (C=O) groups is 1. The predicted octanol–water partition coefficient (Wildman–Crippen LogP) is 2.78. The molecule has 0 aromatic heterocycles. The molecule has 2 aromatic rings. The van der Waals surface area contributed by atoms with Crippen LogP contribution in [0.3, 0.4) is 0 Å². The molecule has 2 unspecified atom stereocenters. The summed E-state index contributed by atoms with van der Waals surface area (Å²) in [5.41, 5.74) is 0.511. The third-order valence-electron chi connectivity index (χ3n) is 5.20. The molecule has 0 radical (unpaired) electrons. The summed E-state index contributed by atoms with van der Waals surface area (Å²) < 4.78 is 44.3. The molecule has 2 atom stereocenters. The van der Waals surface area contributed by atoms with E-state index in [-0.39, 0.29) is 40.1 Å². The molecule has 174 valence electrons. The number of fused-ring (bicyclic) bond motifs is 1. The minimum atomic E-state index is -1.07. The largest absolute Gasteiger partial charge is 0.504 e. The summed E-state index contributed by atoms with van der Waals surface area (Å²) in [7, 11) is 9.98. The maximum Gasteiger partial charge on any atom is 0.208 e. The summed E-state index contributed by atoms with van der Waals surface area (Å²) in [6.07, 6.45) is -2.05. The van der Waals surface area contributed by atoms with Gasteiger partial charge in [0.2, 0.25) is 23.0 Å². The lowest BCUT2D eigenvalue weighted by molar-refractivity contribution is -0.00278. The zero-order valence-corrected chi connectivity index (χ0v) is 18.9. The Labute approximate surface area is 185 Å². The van der Waals surface area contributed by atoms with Gasteiger partial charge in [-0.15, -0.1) is 0 Å². The fourth-order valence-corrected chi connectivity index (χ4v) is 3.80. The SMILES string of the molecule is COc1cc(C2Oc3c(cc(O)c(OC)c3OC)C(=O)C2OC)c(OC)c(OC)c1OC. The molecule has 10 nitrogen and oxygen atoms in total. The number of phenolic OH excluding ortho intramolecular Hbond substituents is 1. The molecule has 0 amide bonds. The van der Waals surface area contributed by atoms with E-state index in [9.17, 15) is 9.90 Å². The van der Waals surface area contributed by atoms with E-state index in [1.54, 1.807) is 6.07 Å². The summed E-state index contributed by atoms with van der Waals surface area (Å²) >= 11 is 0. The monoisotopic (exact) mass is 450 g/mol. The molecular weight excluding hydrogens is 424 g/mol. The van der Waals surface area contributed by atoms with Gasteiger partial charge in [-0.2, -0.15) is 0 Å². The van der Waals surface area contributed by atoms with Crippen molar-refractivity contribution in [2.24, 2.45) is 0 Å². The van der Waals surface area contributed by atoms with Crippen LogP contribution in [-0.4, -0.2) is 66.8 Å². The van der Waals surface area contributed by atoms with Crippen molar-refractivity contribution in [3.63, 3.8) is 0 Å². The Balaban J connectivity index is 2.30. The van der Waals surface area contributed by atoms with Crippen LogP contribution in [0.1, 0.15) is 22.0 Å². The van der Waals surface area contributed by atoms with Crippen molar-refractivity contribution >= 4 is 5.78 Å². The van der Waals surface area contributed by atoms with E-state index in [1.807, 2.05) is 0 Å². The Bertz CT molecular complexity index is 1020. The standard InChI is InChI=1S/C22H26O10/c1-25-13-9-11(15(26-2)21(30-6)19(13)28-4)17-20(29-5)14(24)10-8-12(23)18(27-3)22(31-7)16(10)32-17/h8-9,17,20,23H,1-7H3. The topological polar surface area (TPSA) is 111 Å². The molecule has 0 spiro atoms. The summed E-state index contributed by atoms with van der Waals surface area (Å²) in [6, 6.07) is 2.88. The van der Waals surface area contributed by atoms with Crippen molar-refractivity contribution in [2.45, 2.75) is 12.2 Å². The number of rotatable bonds is 8. The molecular formula is C22H26O10. The molecule has 10 heteroatoms. The van der Waals surface area contributed by atoms with Gasteiger partial charge in [-0.25, -0.2) is 0 Å². The molecule has 1 aliphatic heterocycles. The third-order valence-corrected chi connectivity index (χ3v) is 5.20. The van der Waals surface area contributed by atoms with Gasteiger partial charge in [-0.3, -0.25) is 4.79 Å². The molecule has 1 N–H and O–H groups in total. The van der Waals surface area contributed by atoms with E-state index in [4.69, 9.17) is 37.9 Å². The molecule has 0 bridgehead atoms. The van der Waals surface area contributed by atoms with Crippen molar-refractivity contribution in [1.29, 1.82) is 0 Å². The quantitative estimate of drug-likeness (QED) is 0.644. The molecule has 0 aliphatic carbocycles. The minimum absolute atomic E-state index is 0.0329. The molecule has 1 aliphatic rings. The highest BCUT2D eigenvalue weighted by Gasteiger charge is 2.44. The lowest BCUT2D eigenvalue weighted by Crippen LogP contribution is -2.38. The summed E-state index contributed by atoms with van der Waals surface area (Å²) in [4.78, 5) is 13.3. The van der Waals surface area contributed by atoms with Gasteiger partial charge >= 0.3 is 0 Å². The minimum Gasteiger partial charge on any atom is -0.504 e. The molecule has 2 aromatic carbocycles. The Morgan fingerprint density at radius 2 is 1.34 bits per heavy atom. The fourth-order valence-electron chi connectivity index (χ4n) is 3.80. The number of hydrogen-bond donors (Lipinski definition) is 1. The van der Waals surface area contributed by atoms with Crippen LogP contribution < -0.4 is 33.2 Å². The average molecular weight is 450 g/mol. The van der Waals surface area contributed by atoms with E-state index in [0.29, 0.717) is 17.1 Å². The predicted molar refractivity (Wildman–Crippen MR) is 112 cm³/mol. The number of hydrogen-bond acceptors (Lipinski definition) is 10. The number of Topliss-reactive ketones (excluding diaryl/α,β-unsaturated/α-hetero) is 1. The number of phenols is 1. The lowest BCUT2D eigenvalue weighted by Gasteiger charge is -2.34. The van der Waals surface area contributed by atoms with Crippen LogP contribution in [0.5, 0.6) is 46.0 Å². The van der Waals surface area contributed by atoms with Crippen molar-refractivity contribution in [3.05, 3.63) is 23.3 Å². The first-order valence-corrected chi connectivity index (χ1v) is 9.50. The number of ketones is 1. The number of carbonyl (C=O) groups excluding carboxylic acids is 1. The fraction of sp³-hybridized carbons (Fsp3) is 0.409.